The van der Waals surface area contributed by atoms with Crippen molar-refractivity contribution in [3.8, 4) is 0 Å². The van der Waals surface area contributed by atoms with Gasteiger partial charge in [-0.3, -0.25) is 19.1 Å². The van der Waals surface area contributed by atoms with Crippen molar-refractivity contribution in [1.82, 2.24) is 24.0 Å². The first-order valence-electron chi connectivity index (χ1n) is 12.9. The summed E-state index contributed by atoms with van der Waals surface area (Å²) in [5.74, 6) is 1.25. The maximum absolute atomic E-state index is 13.3. The van der Waals surface area contributed by atoms with E-state index < -0.39 is 11.2 Å². The predicted octanol–water partition coefficient (Wildman–Crippen LogP) is 3.60. The quantitative estimate of drug-likeness (QED) is 0.590. The third-order valence-electron chi connectivity index (χ3n) is 7.01. The minimum absolute atomic E-state index is 0.213. The van der Waals surface area contributed by atoms with E-state index in [4.69, 9.17) is 4.98 Å². The van der Waals surface area contributed by atoms with E-state index in [-0.39, 0.29) is 5.91 Å². The standard InChI is InChI=1S/C25H39N5O3/c1-4-5-15-28-23-22(24(32)27-25(28)33)29(16-17(2)3)20(26-23)13-14-21(31)30(19-11-12-19)18-9-7-6-8-10-18/h17-19H,4-16H2,1-3H3,(H,27,32,33). The largest absolute Gasteiger partial charge is 0.337 e. The number of H-pyrrole nitrogens is 1. The Morgan fingerprint density at radius 1 is 1.09 bits per heavy atom. The van der Waals surface area contributed by atoms with Crippen LogP contribution in [0.3, 0.4) is 0 Å². The van der Waals surface area contributed by atoms with E-state index in [9.17, 15) is 14.4 Å². The predicted molar refractivity (Wildman–Crippen MR) is 129 cm³/mol. The Bertz CT molecular complexity index is 1090. The van der Waals surface area contributed by atoms with E-state index in [1.165, 1.54) is 19.3 Å². The molecule has 1 amide bonds. The smallest absolute Gasteiger partial charge is 0.330 e. The number of hydrogen-bond donors (Lipinski definition) is 1. The zero-order chi connectivity index (χ0) is 23.5. The molecule has 1 N–H and O–H groups in total. The number of unbranched alkanes of at least 4 members (excludes halogenated alkanes) is 1. The summed E-state index contributed by atoms with van der Waals surface area (Å²) in [5.41, 5.74) is 0.102. The number of aromatic nitrogens is 4. The fourth-order valence-corrected chi connectivity index (χ4v) is 5.26. The molecule has 8 nitrogen and oxygen atoms in total. The highest BCUT2D eigenvalue weighted by molar-refractivity contribution is 5.78. The van der Waals surface area contributed by atoms with Crippen molar-refractivity contribution in [2.45, 2.75) is 117 Å². The van der Waals surface area contributed by atoms with E-state index in [1.807, 2.05) is 4.57 Å². The molecule has 4 rings (SSSR count). The molecule has 2 fully saturated rings. The molecule has 2 aromatic rings. The van der Waals surface area contributed by atoms with Crippen LogP contribution in [0.25, 0.3) is 11.2 Å². The fourth-order valence-electron chi connectivity index (χ4n) is 5.26. The third-order valence-corrected chi connectivity index (χ3v) is 7.01. The Balaban J connectivity index is 1.63. The second-order valence-corrected chi connectivity index (χ2v) is 10.3. The maximum Gasteiger partial charge on any atom is 0.330 e. The van der Waals surface area contributed by atoms with Crippen molar-refractivity contribution >= 4 is 17.1 Å². The molecular weight excluding hydrogens is 418 g/mol. The van der Waals surface area contributed by atoms with Gasteiger partial charge in [0.15, 0.2) is 11.2 Å². The van der Waals surface area contributed by atoms with Crippen molar-refractivity contribution in [2.24, 2.45) is 5.92 Å². The van der Waals surface area contributed by atoms with E-state index >= 15 is 0 Å². The Morgan fingerprint density at radius 3 is 2.42 bits per heavy atom. The summed E-state index contributed by atoms with van der Waals surface area (Å²) in [7, 11) is 0. The van der Waals surface area contributed by atoms with Gasteiger partial charge in [-0.05, 0) is 38.0 Å². The topological polar surface area (TPSA) is 93.0 Å². The second kappa shape index (κ2) is 10.3. The summed E-state index contributed by atoms with van der Waals surface area (Å²) in [5, 5.41) is 0. The molecule has 33 heavy (non-hydrogen) atoms. The van der Waals surface area contributed by atoms with E-state index in [0.29, 0.717) is 55.1 Å². The molecule has 2 aromatic heterocycles. The van der Waals surface area contributed by atoms with Crippen LogP contribution in [0.15, 0.2) is 9.59 Å². The molecule has 0 atom stereocenters. The Hall–Kier alpha value is -2.38. The van der Waals surface area contributed by atoms with Gasteiger partial charge >= 0.3 is 5.69 Å². The van der Waals surface area contributed by atoms with Crippen LogP contribution < -0.4 is 11.2 Å². The molecule has 182 valence electrons. The van der Waals surface area contributed by atoms with Crippen LogP contribution in [0.5, 0.6) is 0 Å². The molecule has 2 aliphatic rings. The van der Waals surface area contributed by atoms with Gasteiger partial charge in [0.25, 0.3) is 5.56 Å². The van der Waals surface area contributed by atoms with Crippen LogP contribution in [0.1, 0.15) is 90.8 Å². The van der Waals surface area contributed by atoms with Gasteiger partial charge in [0.2, 0.25) is 5.91 Å². The summed E-state index contributed by atoms with van der Waals surface area (Å²) in [6.07, 6.45) is 10.8. The second-order valence-electron chi connectivity index (χ2n) is 10.3. The van der Waals surface area contributed by atoms with Crippen molar-refractivity contribution in [3.05, 3.63) is 26.7 Å². The fraction of sp³-hybridized carbons (Fsp3) is 0.760. The normalized spacial score (nSPS) is 17.2. The molecule has 2 aliphatic carbocycles. The zero-order valence-corrected chi connectivity index (χ0v) is 20.4. The van der Waals surface area contributed by atoms with Gasteiger partial charge in [-0.1, -0.05) is 46.5 Å². The molecule has 2 saturated carbocycles. The summed E-state index contributed by atoms with van der Waals surface area (Å²) >= 11 is 0. The molecule has 0 saturated heterocycles. The van der Waals surface area contributed by atoms with Crippen molar-refractivity contribution in [3.63, 3.8) is 0 Å². The molecular formula is C25H39N5O3. The first kappa shape index (κ1) is 23.8. The summed E-state index contributed by atoms with van der Waals surface area (Å²) in [6.45, 7) is 7.42. The molecule has 0 bridgehead atoms. The van der Waals surface area contributed by atoms with Gasteiger partial charge in [-0.2, -0.15) is 0 Å². The highest BCUT2D eigenvalue weighted by atomic mass is 16.2. The van der Waals surface area contributed by atoms with Gasteiger partial charge in [0, 0.05) is 38.0 Å². The van der Waals surface area contributed by atoms with Gasteiger partial charge in [0.1, 0.15) is 5.82 Å². The van der Waals surface area contributed by atoms with E-state index in [0.717, 1.165) is 44.3 Å². The Morgan fingerprint density at radius 2 is 1.79 bits per heavy atom. The van der Waals surface area contributed by atoms with Crippen LogP contribution in [0.4, 0.5) is 0 Å². The average molecular weight is 458 g/mol. The number of aromatic amines is 1. The lowest BCUT2D eigenvalue weighted by Crippen LogP contribution is -2.43. The zero-order valence-electron chi connectivity index (χ0n) is 20.4. The lowest BCUT2D eigenvalue weighted by Gasteiger charge is -2.34. The van der Waals surface area contributed by atoms with Crippen LogP contribution in [-0.4, -0.2) is 42.0 Å². The number of fused-ring (bicyclic) bond motifs is 1. The van der Waals surface area contributed by atoms with Gasteiger partial charge in [-0.25, -0.2) is 9.78 Å². The number of rotatable bonds is 10. The summed E-state index contributed by atoms with van der Waals surface area (Å²) in [6, 6.07) is 0.799. The minimum Gasteiger partial charge on any atom is -0.337 e. The first-order chi connectivity index (χ1) is 15.9. The Labute approximate surface area is 195 Å². The van der Waals surface area contributed by atoms with Crippen molar-refractivity contribution in [2.75, 3.05) is 0 Å². The van der Waals surface area contributed by atoms with Crippen molar-refractivity contribution in [1.29, 1.82) is 0 Å². The number of hydrogen-bond acceptors (Lipinski definition) is 4. The number of amides is 1. The first-order valence-corrected chi connectivity index (χ1v) is 12.9. The summed E-state index contributed by atoms with van der Waals surface area (Å²) in [4.78, 5) is 48.1. The number of nitrogens with one attached hydrogen (secondary N) is 1. The number of nitrogens with zero attached hydrogens (tertiary/aromatic N) is 4. The molecule has 0 aliphatic heterocycles. The lowest BCUT2D eigenvalue weighted by atomic mass is 9.93. The molecule has 0 spiro atoms. The van der Waals surface area contributed by atoms with Crippen LogP contribution in [0, 0.1) is 5.92 Å². The summed E-state index contributed by atoms with van der Waals surface area (Å²) < 4.78 is 3.52. The average Bonchev–Trinajstić information content (AvgIpc) is 3.54. The van der Waals surface area contributed by atoms with Gasteiger partial charge < -0.3 is 9.47 Å². The van der Waals surface area contributed by atoms with Crippen LogP contribution in [-0.2, 0) is 24.3 Å². The maximum atomic E-state index is 13.3. The highest BCUT2D eigenvalue weighted by Crippen LogP contribution is 2.34. The molecule has 0 unspecified atom stereocenters. The minimum atomic E-state index is -0.407. The van der Waals surface area contributed by atoms with Gasteiger partial charge in [-0.15, -0.1) is 0 Å². The molecule has 2 heterocycles. The highest BCUT2D eigenvalue weighted by Gasteiger charge is 2.37. The van der Waals surface area contributed by atoms with Gasteiger partial charge in [0.05, 0.1) is 0 Å². The van der Waals surface area contributed by atoms with Crippen LogP contribution >= 0.6 is 0 Å². The van der Waals surface area contributed by atoms with E-state index in [1.54, 1.807) is 4.57 Å². The lowest BCUT2D eigenvalue weighted by molar-refractivity contribution is -0.134. The SMILES string of the molecule is CCCCn1c(=O)[nH]c(=O)c2c1nc(CCC(=O)N(C1CCCCC1)C1CC1)n2CC(C)C. The molecule has 0 radical (unpaired) electrons. The number of carbonyl (C=O) groups is 1. The number of imidazole rings is 1. The van der Waals surface area contributed by atoms with Crippen molar-refractivity contribution < 1.29 is 4.79 Å². The number of carbonyl (C=O) groups excluding carboxylic acids is 1. The van der Waals surface area contributed by atoms with E-state index in [2.05, 4.69) is 30.7 Å². The monoisotopic (exact) mass is 457 g/mol. The number of aryl methyl sites for hydroxylation is 2. The molecule has 8 heteroatoms. The third kappa shape index (κ3) is 5.25. The van der Waals surface area contributed by atoms with Crippen LogP contribution in [0.2, 0.25) is 0 Å². The molecule has 0 aromatic carbocycles. The Kier molecular flexibility index (Phi) is 7.39.